The van der Waals surface area contributed by atoms with Crippen LogP contribution in [0.1, 0.15) is 31.2 Å². The maximum atomic E-state index is 13.2. The van der Waals surface area contributed by atoms with Crippen LogP contribution in [0.2, 0.25) is 0 Å². The summed E-state index contributed by atoms with van der Waals surface area (Å²) < 4.78 is 2.06. The molecule has 0 bridgehead atoms. The second-order valence-electron chi connectivity index (χ2n) is 6.03. The van der Waals surface area contributed by atoms with E-state index in [4.69, 9.17) is 0 Å². The Kier molecular flexibility index (Phi) is 3.43. The van der Waals surface area contributed by atoms with Crippen molar-refractivity contribution >= 4 is 22.3 Å². The fraction of sp³-hybridized carbons (Fsp3) is 0.250. The van der Waals surface area contributed by atoms with Crippen LogP contribution in [0.4, 0.5) is 11.4 Å². The molecule has 1 aliphatic heterocycles. The molecule has 0 aliphatic carbocycles. The highest BCUT2D eigenvalue weighted by Crippen LogP contribution is 2.43. The quantitative estimate of drug-likeness (QED) is 0.785. The average molecular weight is 320 g/mol. The minimum absolute atomic E-state index is 0.0132. The molecule has 0 radical (unpaired) electrons. The molecule has 24 heavy (non-hydrogen) atoms. The van der Waals surface area contributed by atoms with E-state index in [1.54, 1.807) is 0 Å². The molecule has 1 atom stereocenters. The van der Waals surface area contributed by atoms with Gasteiger partial charge in [-0.3, -0.25) is 4.79 Å². The van der Waals surface area contributed by atoms with E-state index in [2.05, 4.69) is 4.57 Å². The van der Waals surface area contributed by atoms with Gasteiger partial charge in [-0.25, -0.2) is 0 Å². The molecule has 0 saturated carbocycles. The van der Waals surface area contributed by atoms with Crippen molar-refractivity contribution in [2.45, 2.75) is 26.5 Å². The van der Waals surface area contributed by atoms with Crippen molar-refractivity contribution in [2.75, 3.05) is 11.4 Å². The van der Waals surface area contributed by atoms with Crippen LogP contribution in [0.3, 0.4) is 0 Å². The first-order valence-electron chi connectivity index (χ1n) is 8.39. The Morgan fingerprint density at radius 2 is 1.71 bits per heavy atom. The van der Waals surface area contributed by atoms with Gasteiger partial charge in [0, 0.05) is 29.7 Å². The maximum absolute atomic E-state index is 13.2. The molecule has 4 heteroatoms. The zero-order valence-corrected chi connectivity index (χ0v) is 13.9. The number of hydrogen-bond donors (Lipinski definition) is 1. The molecule has 2 heterocycles. The van der Waals surface area contributed by atoms with Gasteiger partial charge in [-0.15, -0.1) is 0 Å². The molecule has 122 valence electrons. The molecule has 1 aromatic heterocycles. The highest BCUT2D eigenvalue weighted by molar-refractivity contribution is 5.87. The topological polar surface area (TPSA) is 45.5 Å². The maximum Gasteiger partial charge on any atom is 0.213 e. The fourth-order valence-electron chi connectivity index (χ4n) is 3.84. The van der Waals surface area contributed by atoms with Gasteiger partial charge in [-0.1, -0.05) is 30.3 Å². The summed E-state index contributed by atoms with van der Waals surface area (Å²) in [7, 11) is 0. The lowest BCUT2D eigenvalue weighted by Crippen LogP contribution is -2.33. The van der Waals surface area contributed by atoms with Crippen molar-refractivity contribution in [1.82, 2.24) is 4.57 Å². The van der Waals surface area contributed by atoms with Gasteiger partial charge in [0.05, 0.1) is 11.2 Å². The molecule has 3 aromatic rings. The largest absolute Gasteiger partial charge is 0.382 e. The lowest BCUT2D eigenvalue weighted by Gasteiger charge is -2.36. The normalized spacial score (nSPS) is 16.1. The first-order valence-corrected chi connectivity index (χ1v) is 8.39. The van der Waals surface area contributed by atoms with Crippen LogP contribution in [0.25, 0.3) is 10.9 Å². The number of hydrogen-bond acceptors (Lipinski definition) is 3. The summed E-state index contributed by atoms with van der Waals surface area (Å²) in [6, 6.07) is 15.4. The Labute approximate surface area is 140 Å². The zero-order valence-electron chi connectivity index (χ0n) is 13.9. The number of anilines is 2. The zero-order chi connectivity index (χ0) is 16.8. The van der Waals surface area contributed by atoms with Crippen molar-refractivity contribution < 1.29 is 5.11 Å². The molecule has 0 saturated heterocycles. The van der Waals surface area contributed by atoms with Gasteiger partial charge in [-0.05, 0) is 32.0 Å². The van der Waals surface area contributed by atoms with Crippen molar-refractivity contribution in [2.24, 2.45) is 0 Å². The van der Waals surface area contributed by atoms with Crippen LogP contribution in [0.15, 0.2) is 53.3 Å². The van der Waals surface area contributed by atoms with Crippen LogP contribution in [-0.4, -0.2) is 16.2 Å². The van der Waals surface area contributed by atoms with Gasteiger partial charge in [0.25, 0.3) is 0 Å². The number of rotatable bonds is 2. The molecule has 1 unspecified atom stereocenters. The van der Waals surface area contributed by atoms with E-state index in [1.807, 2.05) is 67.3 Å². The van der Waals surface area contributed by atoms with Crippen molar-refractivity contribution in [3.63, 3.8) is 0 Å². The summed E-state index contributed by atoms with van der Waals surface area (Å²) in [6.45, 7) is 5.44. The van der Waals surface area contributed by atoms with E-state index in [1.165, 1.54) is 0 Å². The number of nitrogens with zero attached hydrogens (tertiary/aromatic N) is 2. The minimum atomic E-state index is -0.795. The second-order valence-corrected chi connectivity index (χ2v) is 6.03. The van der Waals surface area contributed by atoms with Crippen molar-refractivity contribution in [3.8, 4) is 0 Å². The lowest BCUT2D eigenvalue weighted by atomic mass is 9.94. The Morgan fingerprint density at radius 3 is 2.46 bits per heavy atom. The van der Waals surface area contributed by atoms with Gasteiger partial charge in [0.2, 0.25) is 5.43 Å². The van der Waals surface area contributed by atoms with E-state index in [-0.39, 0.29) is 5.43 Å². The minimum Gasteiger partial charge on any atom is -0.382 e. The molecule has 0 spiro atoms. The molecule has 0 amide bonds. The van der Waals surface area contributed by atoms with Gasteiger partial charge >= 0.3 is 0 Å². The smallest absolute Gasteiger partial charge is 0.213 e. The van der Waals surface area contributed by atoms with E-state index in [0.29, 0.717) is 29.9 Å². The Balaban J connectivity index is 2.18. The van der Waals surface area contributed by atoms with Crippen LogP contribution in [0.5, 0.6) is 0 Å². The molecule has 2 aromatic carbocycles. The predicted molar refractivity (Wildman–Crippen MR) is 97.1 cm³/mol. The van der Waals surface area contributed by atoms with Crippen LogP contribution in [0, 0.1) is 0 Å². The molecule has 4 nitrogen and oxygen atoms in total. The molecular formula is C20H20N2O2. The molecule has 1 N–H and O–H groups in total. The SMILES string of the molecule is CCN1c2ccccc2C(O)c2c1c(=O)c1ccccc1n2CC. The summed E-state index contributed by atoms with van der Waals surface area (Å²) >= 11 is 0. The van der Waals surface area contributed by atoms with Crippen LogP contribution >= 0.6 is 0 Å². The Hall–Kier alpha value is -2.59. The van der Waals surface area contributed by atoms with Gasteiger partial charge in [0.1, 0.15) is 11.8 Å². The number of benzene rings is 2. The lowest BCUT2D eigenvalue weighted by molar-refractivity contribution is 0.208. The summed E-state index contributed by atoms with van der Waals surface area (Å²) in [5.74, 6) is 0. The molecule has 4 rings (SSSR count). The highest BCUT2D eigenvalue weighted by Gasteiger charge is 2.33. The van der Waals surface area contributed by atoms with Crippen LogP contribution < -0.4 is 10.3 Å². The summed E-state index contributed by atoms with van der Waals surface area (Å²) in [4.78, 5) is 15.2. The standard InChI is InChI=1S/C20H20N2O2/c1-3-21-15-11-7-5-9-13(15)20(24)18-17(21)19(23)14-10-6-8-12-16(14)22(18)4-2/h5-12,19,23H,3-4H2,1-2H3. The summed E-state index contributed by atoms with van der Waals surface area (Å²) in [6.07, 6.45) is -0.795. The summed E-state index contributed by atoms with van der Waals surface area (Å²) in [5.41, 5.74) is 3.92. The molecular weight excluding hydrogens is 300 g/mol. The third kappa shape index (κ3) is 1.86. The number of para-hydroxylation sites is 2. The number of fused-ring (bicyclic) bond motifs is 3. The predicted octanol–water partition coefficient (Wildman–Crippen LogP) is 3.57. The molecule has 1 aliphatic rings. The monoisotopic (exact) mass is 320 g/mol. The number of aryl methyl sites for hydroxylation is 1. The fourth-order valence-corrected chi connectivity index (χ4v) is 3.84. The first-order chi connectivity index (χ1) is 11.7. The third-order valence-corrected chi connectivity index (χ3v) is 4.87. The Morgan fingerprint density at radius 1 is 1.00 bits per heavy atom. The Bertz CT molecular complexity index is 991. The number of aliphatic hydroxyl groups excluding tert-OH is 1. The third-order valence-electron chi connectivity index (χ3n) is 4.87. The van der Waals surface area contributed by atoms with E-state index >= 15 is 0 Å². The number of aliphatic hydroxyl groups is 1. The highest BCUT2D eigenvalue weighted by atomic mass is 16.3. The van der Waals surface area contributed by atoms with E-state index in [0.717, 1.165) is 16.8 Å². The second kappa shape index (κ2) is 5.49. The number of aromatic nitrogens is 1. The van der Waals surface area contributed by atoms with Gasteiger partial charge in [0.15, 0.2) is 0 Å². The van der Waals surface area contributed by atoms with E-state index in [9.17, 15) is 9.90 Å². The first kappa shape index (κ1) is 15.0. The number of pyridine rings is 1. The van der Waals surface area contributed by atoms with E-state index < -0.39 is 6.10 Å². The summed E-state index contributed by atoms with van der Waals surface area (Å²) in [5, 5.41) is 11.7. The van der Waals surface area contributed by atoms with Gasteiger partial charge in [-0.2, -0.15) is 0 Å². The molecule has 0 fully saturated rings. The van der Waals surface area contributed by atoms with Gasteiger partial charge < -0.3 is 14.6 Å². The average Bonchev–Trinajstić information content (AvgIpc) is 2.63. The van der Waals surface area contributed by atoms with Crippen molar-refractivity contribution in [3.05, 3.63) is 70.0 Å². The van der Waals surface area contributed by atoms with Crippen LogP contribution in [-0.2, 0) is 6.54 Å². The van der Waals surface area contributed by atoms with Crippen molar-refractivity contribution in [1.29, 1.82) is 0 Å².